The lowest BCUT2D eigenvalue weighted by molar-refractivity contribution is 0.388. The summed E-state index contributed by atoms with van der Waals surface area (Å²) in [6, 6.07) is 0. The van der Waals surface area contributed by atoms with Gasteiger partial charge in [0, 0.05) is 11.3 Å². The number of nitrogens with zero attached hydrogens (tertiary/aromatic N) is 3. The average molecular weight is 192 g/mol. The zero-order valence-electron chi connectivity index (χ0n) is 8.75. The largest absolute Gasteiger partial charge is 0.386 e. The predicted molar refractivity (Wildman–Crippen MR) is 60.3 cm³/mol. The van der Waals surface area contributed by atoms with Crippen LogP contribution in [0.2, 0.25) is 0 Å². The fraction of sp³-hybridized carbons (Fsp3) is 0.400. The zero-order chi connectivity index (χ0) is 10.7. The van der Waals surface area contributed by atoms with Gasteiger partial charge in [-0.15, -0.1) is 0 Å². The summed E-state index contributed by atoms with van der Waals surface area (Å²) < 4.78 is 0. The number of aliphatic imine (C=N–C) groups is 1. The molecule has 0 saturated heterocycles. The van der Waals surface area contributed by atoms with Crippen LogP contribution in [0.4, 0.5) is 0 Å². The van der Waals surface area contributed by atoms with Crippen LogP contribution in [0.5, 0.6) is 0 Å². The Morgan fingerprint density at radius 2 is 2.21 bits per heavy atom. The first kappa shape index (κ1) is 10.5. The third-order valence-electron chi connectivity index (χ3n) is 2.04. The molecule has 1 heterocycles. The van der Waals surface area contributed by atoms with Crippen molar-refractivity contribution >= 4 is 11.5 Å². The van der Waals surface area contributed by atoms with Crippen molar-refractivity contribution in [3.05, 3.63) is 24.4 Å². The van der Waals surface area contributed by atoms with Crippen LogP contribution in [0, 0.1) is 0 Å². The smallest absolute Gasteiger partial charge is 0.117 e. The molecule has 1 aliphatic heterocycles. The van der Waals surface area contributed by atoms with Crippen LogP contribution in [0.15, 0.2) is 34.5 Å². The van der Waals surface area contributed by atoms with Gasteiger partial charge in [-0.3, -0.25) is 10.0 Å². The average Bonchev–Trinajstić information content (AvgIpc) is 2.21. The number of hydrogen-bond donors (Lipinski definition) is 1. The quantitative estimate of drug-likeness (QED) is 0.500. The van der Waals surface area contributed by atoms with Crippen molar-refractivity contribution in [2.45, 2.75) is 13.8 Å². The second-order valence-electron chi connectivity index (χ2n) is 3.26. The second-order valence-corrected chi connectivity index (χ2v) is 3.26. The lowest BCUT2D eigenvalue weighted by atomic mass is 10.1. The van der Waals surface area contributed by atoms with Crippen molar-refractivity contribution in [2.24, 2.45) is 15.8 Å². The van der Waals surface area contributed by atoms with Gasteiger partial charge < -0.3 is 5.73 Å². The molecule has 1 rings (SSSR count). The van der Waals surface area contributed by atoms with Gasteiger partial charge in [-0.05, 0) is 13.8 Å². The van der Waals surface area contributed by atoms with Crippen LogP contribution in [-0.2, 0) is 0 Å². The summed E-state index contributed by atoms with van der Waals surface area (Å²) in [4.78, 5) is 4.32. The fourth-order valence-corrected chi connectivity index (χ4v) is 1.21. The summed E-state index contributed by atoms with van der Waals surface area (Å²) >= 11 is 0. The van der Waals surface area contributed by atoms with E-state index in [1.165, 1.54) is 0 Å². The molecular formula is C10H16N4. The first-order valence-electron chi connectivity index (χ1n) is 4.50. The van der Waals surface area contributed by atoms with Gasteiger partial charge in [0.1, 0.15) is 5.84 Å². The topological polar surface area (TPSA) is 54.0 Å². The van der Waals surface area contributed by atoms with Crippen LogP contribution in [0.3, 0.4) is 0 Å². The summed E-state index contributed by atoms with van der Waals surface area (Å²) in [5.74, 6) is 0.513. The Hall–Kier alpha value is -1.58. The summed E-state index contributed by atoms with van der Waals surface area (Å²) in [5, 5.41) is 5.90. The van der Waals surface area contributed by atoms with Crippen LogP contribution in [0.25, 0.3) is 0 Å². The highest BCUT2D eigenvalue weighted by Crippen LogP contribution is 2.16. The maximum Gasteiger partial charge on any atom is 0.117 e. The van der Waals surface area contributed by atoms with Crippen LogP contribution in [0.1, 0.15) is 13.8 Å². The third-order valence-corrected chi connectivity index (χ3v) is 2.04. The molecular weight excluding hydrogens is 176 g/mol. The SMILES string of the molecule is C=C1C(=C)N(/N=C(/C)N)CCN=C1C. The highest BCUT2D eigenvalue weighted by Gasteiger charge is 2.14. The van der Waals surface area contributed by atoms with Crippen molar-refractivity contribution < 1.29 is 0 Å². The molecule has 0 aromatic rings. The van der Waals surface area contributed by atoms with Crippen molar-refractivity contribution in [1.82, 2.24) is 5.01 Å². The number of amidine groups is 1. The Labute approximate surface area is 84.5 Å². The number of hydrazone groups is 1. The Morgan fingerprint density at radius 1 is 1.57 bits per heavy atom. The lowest BCUT2D eigenvalue weighted by Crippen LogP contribution is -2.23. The third kappa shape index (κ3) is 2.22. The normalized spacial score (nSPS) is 19.4. The van der Waals surface area contributed by atoms with Gasteiger partial charge in [-0.25, -0.2) is 0 Å². The molecule has 4 nitrogen and oxygen atoms in total. The molecule has 0 aromatic heterocycles. The van der Waals surface area contributed by atoms with Crippen LogP contribution >= 0.6 is 0 Å². The molecule has 0 saturated carbocycles. The maximum absolute atomic E-state index is 5.52. The highest BCUT2D eigenvalue weighted by atomic mass is 15.5. The summed E-state index contributed by atoms with van der Waals surface area (Å²) in [6.07, 6.45) is 0. The fourth-order valence-electron chi connectivity index (χ4n) is 1.21. The van der Waals surface area contributed by atoms with E-state index in [4.69, 9.17) is 5.73 Å². The number of hydrogen-bond acceptors (Lipinski definition) is 3. The minimum absolute atomic E-state index is 0.513. The molecule has 0 spiro atoms. The van der Waals surface area contributed by atoms with Crippen molar-refractivity contribution in [1.29, 1.82) is 0 Å². The molecule has 76 valence electrons. The van der Waals surface area contributed by atoms with Gasteiger partial charge >= 0.3 is 0 Å². The van der Waals surface area contributed by atoms with Gasteiger partial charge in [0.25, 0.3) is 0 Å². The summed E-state index contributed by atoms with van der Waals surface area (Å²) in [6.45, 7) is 12.9. The van der Waals surface area contributed by atoms with E-state index in [9.17, 15) is 0 Å². The first-order chi connectivity index (χ1) is 6.52. The van der Waals surface area contributed by atoms with Gasteiger partial charge in [0.15, 0.2) is 0 Å². The predicted octanol–water partition coefficient (Wildman–Crippen LogP) is 1.12. The summed E-state index contributed by atoms with van der Waals surface area (Å²) in [7, 11) is 0. The number of nitrogens with two attached hydrogens (primary N) is 1. The van der Waals surface area contributed by atoms with E-state index in [-0.39, 0.29) is 0 Å². The zero-order valence-corrected chi connectivity index (χ0v) is 8.75. The molecule has 0 aromatic carbocycles. The van der Waals surface area contributed by atoms with Crippen LogP contribution in [-0.4, -0.2) is 29.6 Å². The molecule has 1 aliphatic rings. The number of rotatable bonds is 1. The van der Waals surface area contributed by atoms with Crippen molar-refractivity contribution in [3.8, 4) is 0 Å². The van der Waals surface area contributed by atoms with E-state index >= 15 is 0 Å². The molecule has 0 amide bonds. The molecule has 0 fully saturated rings. The molecule has 0 atom stereocenters. The lowest BCUT2D eigenvalue weighted by Gasteiger charge is -2.19. The molecule has 4 heteroatoms. The second kappa shape index (κ2) is 4.09. The van der Waals surface area contributed by atoms with E-state index in [2.05, 4.69) is 23.3 Å². The van der Waals surface area contributed by atoms with Crippen LogP contribution < -0.4 is 5.73 Å². The molecule has 14 heavy (non-hydrogen) atoms. The van der Waals surface area contributed by atoms with E-state index in [1.807, 2.05) is 6.92 Å². The van der Waals surface area contributed by atoms with Gasteiger partial charge in [0.2, 0.25) is 0 Å². The Kier molecular flexibility index (Phi) is 3.06. The molecule has 0 aliphatic carbocycles. The number of allylic oxidation sites excluding steroid dienone is 1. The minimum Gasteiger partial charge on any atom is -0.386 e. The molecule has 0 radical (unpaired) electrons. The van der Waals surface area contributed by atoms with Gasteiger partial charge in [0.05, 0.1) is 18.8 Å². The van der Waals surface area contributed by atoms with E-state index in [1.54, 1.807) is 11.9 Å². The molecule has 0 unspecified atom stereocenters. The van der Waals surface area contributed by atoms with Gasteiger partial charge in [-0.2, -0.15) is 5.10 Å². The molecule has 0 bridgehead atoms. The van der Waals surface area contributed by atoms with E-state index in [0.717, 1.165) is 17.0 Å². The monoisotopic (exact) mass is 192 g/mol. The first-order valence-corrected chi connectivity index (χ1v) is 4.50. The van der Waals surface area contributed by atoms with Gasteiger partial charge in [-0.1, -0.05) is 13.2 Å². The molecule has 2 N–H and O–H groups in total. The standard InChI is InChI=1S/C10H16N4/c1-7-8(2)12-5-6-14(9(7)3)13-10(4)11/h1,3,5-6H2,2,4H3,(H2,11,13). The van der Waals surface area contributed by atoms with Crippen molar-refractivity contribution in [2.75, 3.05) is 13.1 Å². The Balaban J connectivity index is 2.90. The van der Waals surface area contributed by atoms with E-state index in [0.29, 0.717) is 18.9 Å². The Bertz CT molecular complexity index is 321. The Morgan fingerprint density at radius 3 is 2.79 bits per heavy atom. The maximum atomic E-state index is 5.52. The van der Waals surface area contributed by atoms with E-state index < -0.39 is 0 Å². The minimum atomic E-state index is 0.513. The highest BCUT2D eigenvalue weighted by molar-refractivity contribution is 6.01. The summed E-state index contributed by atoms with van der Waals surface area (Å²) in [5.41, 5.74) is 8.03. The van der Waals surface area contributed by atoms with Crippen molar-refractivity contribution in [3.63, 3.8) is 0 Å².